The number of likely N-dealkylation sites (tertiary alicyclic amines) is 1. The Morgan fingerprint density at radius 3 is 2.35 bits per heavy atom. The van der Waals surface area contributed by atoms with Crippen molar-refractivity contribution in [2.45, 2.75) is 10.9 Å². The molecule has 1 atom stereocenters. The molecule has 0 saturated carbocycles. The molecule has 2 aliphatic heterocycles. The first-order valence-corrected chi connectivity index (χ1v) is 12.3. The summed E-state index contributed by atoms with van der Waals surface area (Å²) >= 11 is 0. The van der Waals surface area contributed by atoms with E-state index in [2.05, 4.69) is 4.90 Å². The van der Waals surface area contributed by atoms with Crippen molar-refractivity contribution < 1.29 is 32.3 Å². The van der Waals surface area contributed by atoms with Gasteiger partial charge >= 0.3 is 0 Å². The molecule has 182 valence electrons. The summed E-state index contributed by atoms with van der Waals surface area (Å²) in [4.78, 5) is 29.6. The van der Waals surface area contributed by atoms with Crippen molar-refractivity contribution >= 4 is 27.5 Å². The predicted molar refractivity (Wildman–Crippen MR) is 122 cm³/mol. The van der Waals surface area contributed by atoms with E-state index in [9.17, 15) is 23.1 Å². The number of amides is 1. The van der Waals surface area contributed by atoms with E-state index in [-0.39, 0.29) is 28.3 Å². The zero-order valence-electron chi connectivity index (χ0n) is 19.0. The first kappa shape index (κ1) is 24.1. The van der Waals surface area contributed by atoms with Crippen LogP contribution in [-0.4, -0.2) is 92.8 Å². The van der Waals surface area contributed by atoms with Crippen molar-refractivity contribution in [2.75, 3.05) is 53.5 Å². The summed E-state index contributed by atoms with van der Waals surface area (Å²) in [6.07, 6.45) is 1.44. The fraction of sp³-hybridized carbons (Fsp3) is 0.391. The topological polar surface area (TPSA) is 121 Å². The molecule has 2 aliphatic rings. The van der Waals surface area contributed by atoms with Gasteiger partial charge in [-0.2, -0.15) is 0 Å². The van der Waals surface area contributed by atoms with Crippen LogP contribution in [0, 0.1) is 0 Å². The van der Waals surface area contributed by atoms with Crippen LogP contribution in [0.3, 0.4) is 0 Å². The Morgan fingerprint density at radius 1 is 1.09 bits per heavy atom. The van der Waals surface area contributed by atoms with Crippen molar-refractivity contribution in [3.8, 4) is 0 Å². The van der Waals surface area contributed by atoms with Crippen LogP contribution in [-0.2, 0) is 24.3 Å². The number of rotatable bonds is 7. The molecule has 0 bridgehead atoms. The molecule has 1 aromatic heterocycles. The number of carbonyl (C=O) groups is 2. The number of hydrogen-bond donors (Lipinski definition) is 1. The van der Waals surface area contributed by atoms with E-state index < -0.39 is 27.8 Å². The quantitative estimate of drug-likeness (QED) is 0.351. The van der Waals surface area contributed by atoms with Gasteiger partial charge < -0.3 is 19.2 Å². The van der Waals surface area contributed by atoms with E-state index in [0.29, 0.717) is 25.5 Å². The average Bonchev–Trinajstić information content (AvgIpc) is 3.45. The minimum atomic E-state index is -3.65. The van der Waals surface area contributed by atoms with E-state index in [1.807, 2.05) is 0 Å². The number of aliphatic hydroxyl groups is 1. The molecule has 1 N–H and O–H groups in total. The first-order chi connectivity index (χ1) is 16.2. The van der Waals surface area contributed by atoms with Crippen molar-refractivity contribution in [1.82, 2.24) is 14.1 Å². The molecule has 2 aromatic rings. The lowest BCUT2D eigenvalue weighted by molar-refractivity contribution is -0.140. The zero-order valence-corrected chi connectivity index (χ0v) is 19.8. The molecule has 2 fully saturated rings. The number of carbonyl (C=O) groups excluding carboxylic acids is 2. The maximum Gasteiger partial charge on any atom is 0.295 e. The van der Waals surface area contributed by atoms with Crippen molar-refractivity contribution in [2.24, 2.45) is 0 Å². The van der Waals surface area contributed by atoms with Crippen LogP contribution >= 0.6 is 0 Å². The van der Waals surface area contributed by atoms with Crippen LogP contribution in [0.25, 0.3) is 5.76 Å². The normalized spacial score (nSPS) is 21.5. The Hall–Kier alpha value is -2.99. The number of furan rings is 1. The fourth-order valence-corrected chi connectivity index (χ4v) is 4.98. The van der Waals surface area contributed by atoms with Crippen molar-refractivity contribution in [1.29, 1.82) is 0 Å². The number of Topliss-reactive ketones (excluding diaryl/α,β-unsaturated/α-hetero) is 1. The van der Waals surface area contributed by atoms with E-state index in [1.54, 1.807) is 12.1 Å². The molecule has 1 amide bonds. The van der Waals surface area contributed by atoms with Gasteiger partial charge in [0.25, 0.3) is 11.7 Å². The molecule has 10 nitrogen and oxygen atoms in total. The van der Waals surface area contributed by atoms with Gasteiger partial charge in [-0.25, -0.2) is 12.7 Å². The van der Waals surface area contributed by atoms with Crippen LogP contribution in [0.4, 0.5) is 0 Å². The largest absolute Gasteiger partial charge is 0.507 e. The summed E-state index contributed by atoms with van der Waals surface area (Å²) in [5, 5.41) is 11.1. The summed E-state index contributed by atoms with van der Waals surface area (Å²) in [5.74, 6) is -1.56. The summed E-state index contributed by atoms with van der Waals surface area (Å²) in [6, 6.07) is 7.93. The third kappa shape index (κ3) is 4.51. The third-order valence-corrected chi connectivity index (χ3v) is 7.85. The summed E-state index contributed by atoms with van der Waals surface area (Å²) in [6.45, 7) is 3.51. The van der Waals surface area contributed by atoms with E-state index in [4.69, 9.17) is 9.15 Å². The molecule has 1 aromatic carbocycles. The predicted octanol–water partition coefficient (Wildman–Crippen LogP) is 1.28. The number of ketones is 1. The summed E-state index contributed by atoms with van der Waals surface area (Å²) in [7, 11) is -0.810. The lowest BCUT2D eigenvalue weighted by Gasteiger charge is -2.30. The van der Waals surface area contributed by atoms with Crippen molar-refractivity contribution in [3.05, 3.63) is 59.6 Å². The molecule has 0 aliphatic carbocycles. The Labute approximate surface area is 198 Å². The van der Waals surface area contributed by atoms with Gasteiger partial charge in [0.15, 0.2) is 0 Å². The Bertz CT molecular complexity index is 1180. The van der Waals surface area contributed by atoms with Crippen LogP contribution in [0.15, 0.2) is 57.5 Å². The standard InChI is InChI=1S/C23H27N3O7S/c1-24(2)34(30,31)17-7-5-16(6-8-17)21(27)19-20(18-4-3-13-33-18)26(23(29)22(19)28)10-9-25-11-14-32-15-12-25/h3-8,13,20,27H,9-12,14-15H2,1-2H3/b21-19+/t20-/m1/s1. The smallest absolute Gasteiger partial charge is 0.295 e. The van der Waals surface area contributed by atoms with Crippen molar-refractivity contribution in [3.63, 3.8) is 0 Å². The molecule has 4 rings (SSSR count). The average molecular weight is 490 g/mol. The number of sulfonamides is 1. The number of aliphatic hydroxyl groups excluding tert-OH is 1. The third-order valence-electron chi connectivity index (χ3n) is 6.02. The van der Waals surface area contributed by atoms with Gasteiger partial charge in [0.05, 0.1) is 29.9 Å². The van der Waals surface area contributed by atoms with Crippen LogP contribution < -0.4 is 0 Å². The minimum Gasteiger partial charge on any atom is -0.507 e. The second kappa shape index (κ2) is 9.71. The highest BCUT2D eigenvalue weighted by Gasteiger charge is 2.47. The Balaban J connectivity index is 1.68. The van der Waals surface area contributed by atoms with Gasteiger partial charge in [-0.3, -0.25) is 14.5 Å². The second-order valence-electron chi connectivity index (χ2n) is 8.27. The monoisotopic (exact) mass is 489 g/mol. The first-order valence-electron chi connectivity index (χ1n) is 10.9. The lowest BCUT2D eigenvalue weighted by Crippen LogP contribution is -2.42. The number of morpholine rings is 1. The van der Waals surface area contributed by atoms with Crippen LogP contribution in [0.2, 0.25) is 0 Å². The maximum atomic E-state index is 13.0. The van der Waals surface area contributed by atoms with Crippen LogP contribution in [0.1, 0.15) is 17.4 Å². The Morgan fingerprint density at radius 2 is 1.76 bits per heavy atom. The highest BCUT2D eigenvalue weighted by Crippen LogP contribution is 2.39. The second-order valence-corrected chi connectivity index (χ2v) is 10.4. The SMILES string of the molecule is CN(C)S(=O)(=O)c1ccc(/C(O)=C2\C(=O)C(=O)N(CCN3CCOCC3)[C@@H]2c2ccco2)cc1. The summed E-state index contributed by atoms with van der Waals surface area (Å²) in [5.41, 5.74) is 0.130. The highest BCUT2D eigenvalue weighted by atomic mass is 32.2. The van der Waals surface area contributed by atoms with Gasteiger partial charge in [-0.05, 0) is 36.4 Å². The number of ether oxygens (including phenoxy) is 1. The molecule has 0 unspecified atom stereocenters. The van der Waals surface area contributed by atoms with Gasteiger partial charge in [-0.1, -0.05) is 0 Å². The van der Waals surface area contributed by atoms with E-state index >= 15 is 0 Å². The Kier molecular flexibility index (Phi) is 6.89. The fourth-order valence-electron chi connectivity index (χ4n) is 4.08. The molecule has 3 heterocycles. The lowest BCUT2D eigenvalue weighted by atomic mass is 9.99. The molecule has 11 heteroatoms. The number of benzene rings is 1. The minimum absolute atomic E-state index is 0.0441. The number of hydrogen-bond acceptors (Lipinski definition) is 8. The zero-order chi connectivity index (χ0) is 24.5. The molecular formula is C23H27N3O7S. The van der Waals surface area contributed by atoms with Gasteiger partial charge in [0.2, 0.25) is 10.0 Å². The van der Waals surface area contributed by atoms with Gasteiger partial charge in [0, 0.05) is 45.8 Å². The highest BCUT2D eigenvalue weighted by molar-refractivity contribution is 7.89. The molecule has 2 saturated heterocycles. The molecular weight excluding hydrogens is 462 g/mol. The number of nitrogens with zero attached hydrogens (tertiary/aromatic N) is 3. The van der Waals surface area contributed by atoms with Gasteiger partial charge in [-0.15, -0.1) is 0 Å². The molecule has 0 radical (unpaired) electrons. The maximum absolute atomic E-state index is 13.0. The van der Waals surface area contributed by atoms with E-state index in [1.165, 1.54) is 49.5 Å². The van der Waals surface area contributed by atoms with Gasteiger partial charge in [0.1, 0.15) is 17.6 Å². The van der Waals surface area contributed by atoms with E-state index in [0.717, 1.165) is 17.4 Å². The molecule has 0 spiro atoms. The summed E-state index contributed by atoms with van der Waals surface area (Å²) < 4.78 is 36.7. The molecule has 34 heavy (non-hydrogen) atoms. The van der Waals surface area contributed by atoms with Crippen LogP contribution in [0.5, 0.6) is 0 Å².